The van der Waals surface area contributed by atoms with Gasteiger partial charge >= 0.3 is 5.97 Å². The van der Waals surface area contributed by atoms with Crippen LogP contribution in [0.2, 0.25) is 0 Å². The first-order valence-corrected chi connectivity index (χ1v) is 8.26. The van der Waals surface area contributed by atoms with Crippen LogP contribution < -0.4 is 5.32 Å². The molecule has 9 heteroatoms. The minimum absolute atomic E-state index is 0.0386. The zero-order valence-electron chi connectivity index (χ0n) is 15.0. The number of nitrogens with zero attached hydrogens (tertiary/aromatic N) is 2. The maximum atomic E-state index is 12.0. The van der Waals surface area contributed by atoms with E-state index in [1.165, 1.54) is 12.5 Å². The lowest BCUT2D eigenvalue weighted by atomic mass is 10.1. The molecule has 0 fully saturated rings. The van der Waals surface area contributed by atoms with Gasteiger partial charge in [0.2, 0.25) is 17.6 Å². The van der Waals surface area contributed by atoms with Crippen molar-refractivity contribution in [2.45, 2.75) is 51.7 Å². The van der Waals surface area contributed by atoms with Crippen LogP contribution in [0.5, 0.6) is 0 Å². The van der Waals surface area contributed by atoms with Crippen LogP contribution in [0, 0.1) is 0 Å². The van der Waals surface area contributed by atoms with Crippen molar-refractivity contribution in [1.29, 1.82) is 0 Å². The fraction of sp³-hybridized carbons (Fsp3) is 0.529. The molecule has 0 aliphatic heterocycles. The number of carbonyl (C=O) groups is 2. The Kier molecular flexibility index (Phi) is 6.51. The van der Waals surface area contributed by atoms with Crippen molar-refractivity contribution in [2.75, 3.05) is 6.61 Å². The zero-order valence-corrected chi connectivity index (χ0v) is 15.0. The standard InChI is InChI=1S/C17H23N3O6/c1-17(2,3)25-9-7-12(16(22)23)18-13(21)4-5-14-19-15(20-26-14)11-6-8-24-10-11/h6,8,10,12H,4-5,7,9H2,1-3H3,(H,18,21)(H,22,23). The number of ether oxygens (including phenoxy) is 1. The van der Waals surface area contributed by atoms with Crippen LogP contribution in [0.15, 0.2) is 27.5 Å². The molecule has 1 unspecified atom stereocenters. The molecule has 0 saturated heterocycles. The summed E-state index contributed by atoms with van der Waals surface area (Å²) < 4.78 is 15.5. The number of carboxylic acids is 1. The SMILES string of the molecule is CC(C)(C)OCCC(NC(=O)CCc1nc(-c2ccoc2)no1)C(=O)O. The summed E-state index contributed by atoms with van der Waals surface area (Å²) in [5.41, 5.74) is 0.312. The summed E-state index contributed by atoms with van der Waals surface area (Å²) >= 11 is 0. The first-order chi connectivity index (χ1) is 12.2. The number of hydrogen-bond donors (Lipinski definition) is 2. The number of furan rings is 1. The first kappa shape index (κ1) is 19.6. The summed E-state index contributed by atoms with van der Waals surface area (Å²) in [6.07, 6.45) is 3.41. The van der Waals surface area contributed by atoms with E-state index >= 15 is 0 Å². The molecule has 0 spiro atoms. The number of hydrogen-bond acceptors (Lipinski definition) is 7. The van der Waals surface area contributed by atoms with Crippen molar-refractivity contribution in [3.8, 4) is 11.4 Å². The number of carboxylic acid groups (broad SMARTS) is 1. The third-order valence-electron chi connectivity index (χ3n) is 3.39. The largest absolute Gasteiger partial charge is 0.480 e. The van der Waals surface area contributed by atoms with Crippen molar-refractivity contribution < 1.29 is 28.4 Å². The van der Waals surface area contributed by atoms with Gasteiger partial charge in [-0.15, -0.1) is 0 Å². The molecule has 0 bridgehead atoms. The van der Waals surface area contributed by atoms with Crippen LogP contribution in [-0.4, -0.2) is 45.4 Å². The summed E-state index contributed by atoms with van der Waals surface area (Å²) in [4.78, 5) is 27.4. The van der Waals surface area contributed by atoms with Gasteiger partial charge in [-0.2, -0.15) is 4.98 Å². The highest BCUT2D eigenvalue weighted by Gasteiger charge is 2.21. The van der Waals surface area contributed by atoms with Gasteiger partial charge in [0.05, 0.1) is 17.4 Å². The van der Waals surface area contributed by atoms with Crippen LogP contribution in [0.4, 0.5) is 0 Å². The normalized spacial score (nSPS) is 12.7. The Balaban J connectivity index is 1.80. The van der Waals surface area contributed by atoms with E-state index in [0.29, 0.717) is 17.3 Å². The molecule has 1 amide bonds. The number of aryl methyl sites for hydroxylation is 1. The van der Waals surface area contributed by atoms with E-state index in [1.807, 2.05) is 20.8 Å². The third-order valence-corrected chi connectivity index (χ3v) is 3.39. The fourth-order valence-electron chi connectivity index (χ4n) is 2.09. The molecule has 2 aromatic heterocycles. The van der Waals surface area contributed by atoms with E-state index in [2.05, 4.69) is 15.5 Å². The highest BCUT2D eigenvalue weighted by molar-refractivity contribution is 5.83. The molecular formula is C17H23N3O6. The second-order valence-corrected chi connectivity index (χ2v) is 6.73. The Morgan fingerprint density at radius 3 is 2.77 bits per heavy atom. The molecule has 26 heavy (non-hydrogen) atoms. The van der Waals surface area contributed by atoms with Crippen molar-refractivity contribution in [3.05, 3.63) is 24.5 Å². The molecule has 1 atom stereocenters. The number of carbonyl (C=O) groups excluding carboxylic acids is 1. The van der Waals surface area contributed by atoms with Gasteiger partial charge in [0.25, 0.3) is 0 Å². The van der Waals surface area contributed by atoms with Gasteiger partial charge in [-0.3, -0.25) is 4.79 Å². The van der Waals surface area contributed by atoms with Crippen molar-refractivity contribution >= 4 is 11.9 Å². The maximum Gasteiger partial charge on any atom is 0.326 e. The zero-order chi connectivity index (χ0) is 19.2. The predicted octanol–water partition coefficient (Wildman–Crippen LogP) is 2.04. The summed E-state index contributed by atoms with van der Waals surface area (Å²) in [5, 5.41) is 15.5. The molecule has 0 aliphatic carbocycles. The van der Waals surface area contributed by atoms with E-state index < -0.39 is 17.9 Å². The summed E-state index contributed by atoms with van der Waals surface area (Å²) in [5.74, 6) is -0.844. The Morgan fingerprint density at radius 2 is 2.15 bits per heavy atom. The highest BCUT2D eigenvalue weighted by atomic mass is 16.5. The smallest absolute Gasteiger partial charge is 0.326 e. The molecule has 0 saturated carbocycles. The number of rotatable bonds is 9. The number of aromatic nitrogens is 2. The van der Waals surface area contributed by atoms with Gasteiger partial charge in [0.1, 0.15) is 12.3 Å². The van der Waals surface area contributed by atoms with E-state index in [-0.39, 0.29) is 31.5 Å². The Morgan fingerprint density at radius 1 is 1.38 bits per heavy atom. The van der Waals surface area contributed by atoms with Gasteiger partial charge in [0.15, 0.2) is 0 Å². The molecule has 9 nitrogen and oxygen atoms in total. The minimum atomic E-state index is -1.10. The van der Waals surface area contributed by atoms with Crippen LogP contribution in [0.1, 0.15) is 39.5 Å². The van der Waals surface area contributed by atoms with Gasteiger partial charge in [-0.25, -0.2) is 4.79 Å². The lowest BCUT2D eigenvalue weighted by Gasteiger charge is -2.21. The summed E-state index contributed by atoms with van der Waals surface area (Å²) in [6, 6.07) is 0.687. The Labute approximate surface area is 150 Å². The predicted molar refractivity (Wildman–Crippen MR) is 90.2 cm³/mol. The second-order valence-electron chi connectivity index (χ2n) is 6.73. The number of nitrogens with one attached hydrogen (secondary N) is 1. The van der Waals surface area contributed by atoms with E-state index in [1.54, 1.807) is 6.07 Å². The highest BCUT2D eigenvalue weighted by Crippen LogP contribution is 2.16. The van der Waals surface area contributed by atoms with Crippen LogP contribution in [0.3, 0.4) is 0 Å². The fourth-order valence-corrected chi connectivity index (χ4v) is 2.09. The molecule has 2 rings (SSSR count). The van der Waals surface area contributed by atoms with E-state index in [9.17, 15) is 14.7 Å². The van der Waals surface area contributed by atoms with Crippen LogP contribution in [0.25, 0.3) is 11.4 Å². The molecular weight excluding hydrogens is 342 g/mol. The van der Waals surface area contributed by atoms with Crippen LogP contribution >= 0.6 is 0 Å². The van der Waals surface area contributed by atoms with Crippen molar-refractivity contribution in [1.82, 2.24) is 15.5 Å². The second kappa shape index (κ2) is 8.61. The molecule has 2 heterocycles. The van der Waals surface area contributed by atoms with Crippen LogP contribution in [-0.2, 0) is 20.7 Å². The first-order valence-electron chi connectivity index (χ1n) is 8.26. The quantitative estimate of drug-likeness (QED) is 0.691. The van der Waals surface area contributed by atoms with Gasteiger partial charge < -0.3 is 24.1 Å². The molecule has 0 aliphatic rings. The lowest BCUT2D eigenvalue weighted by Crippen LogP contribution is -2.42. The van der Waals surface area contributed by atoms with Gasteiger partial charge in [-0.05, 0) is 26.8 Å². The minimum Gasteiger partial charge on any atom is -0.480 e. The average Bonchev–Trinajstić information content (AvgIpc) is 3.21. The topological polar surface area (TPSA) is 128 Å². The van der Waals surface area contributed by atoms with Gasteiger partial charge in [-0.1, -0.05) is 5.16 Å². The van der Waals surface area contributed by atoms with Crippen molar-refractivity contribution in [3.63, 3.8) is 0 Å². The molecule has 142 valence electrons. The molecule has 0 aromatic carbocycles. The monoisotopic (exact) mass is 365 g/mol. The van der Waals surface area contributed by atoms with Crippen molar-refractivity contribution in [2.24, 2.45) is 0 Å². The molecule has 0 radical (unpaired) electrons. The third kappa shape index (κ3) is 6.32. The van der Waals surface area contributed by atoms with Gasteiger partial charge in [0, 0.05) is 25.9 Å². The average molecular weight is 365 g/mol. The number of aliphatic carboxylic acids is 1. The summed E-state index contributed by atoms with van der Waals surface area (Å²) in [7, 11) is 0. The molecule has 2 N–H and O–H groups in total. The van der Waals surface area contributed by atoms with E-state index in [4.69, 9.17) is 13.7 Å². The Bertz CT molecular complexity index is 717. The Hall–Kier alpha value is -2.68. The van der Waals surface area contributed by atoms with E-state index in [0.717, 1.165) is 0 Å². The lowest BCUT2D eigenvalue weighted by molar-refractivity contribution is -0.142. The number of amides is 1. The molecule has 2 aromatic rings. The maximum absolute atomic E-state index is 12.0. The summed E-state index contributed by atoms with van der Waals surface area (Å²) in [6.45, 7) is 5.87.